The van der Waals surface area contributed by atoms with Gasteiger partial charge in [0, 0.05) is 17.4 Å². The number of carbonyl (C=O) groups excluding carboxylic acids is 3. The van der Waals surface area contributed by atoms with E-state index in [1.54, 1.807) is 19.4 Å². The molecule has 2 N–H and O–H groups in total. The van der Waals surface area contributed by atoms with Gasteiger partial charge in [-0.15, -0.1) is 11.3 Å². The average molecular weight is 519 g/mol. The highest BCUT2D eigenvalue weighted by Gasteiger charge is 2.43. The number of nitrogens with one attached hydrogen (secondary N) is 2. The molecule has 1 aromatic carbocycles. The summed E-state index contributed by atoms with van der Waals surface area (Å²) in [6.07, 6.45) is 3.59. The molecule has 2 aliphatic rings. The molecule has 1 saturated heterocycles. The van der Waals surface area contributed by atoms with E-state index in [0.717, 1.165) is 32.1 Å². The third-order valence-electron chi connectivity index (χ3n) is 7.19. The topological polar surface area (TPSA) is 91.4 Å². The van der Waals surface area contributed by atoms with Gasteiger partial charge in [0.25, 0.3) is 0 Å². The monoisotopic (exact) mass is 518 g/mol. The second-order valence-corrected chi connectivity index (χ2v) is 10.5. The van der Waals surface area contributed by atoms with Gasteiger partial charge in [0.05, 0.1) is 18.6 Å². The summed E-state index contributed by atoms with van der Waals surface area (Å²) in [4.78, 5) is 45.3. The zero-order valence-electron chi connectivity index (χ0n) is 20.5. The standard InChI is InChI=1S/C26H32F2N4O3S/c1-15(29-2)24(34)31-22(16-6-4-3-5-7-16)26(35)32-13-19(28)12-21(32)25-30-20(14-36-25)23(33)17-8-10-18(27)11-9-17/h8-11,14-16,19,21-22,29H,3-7,12-13H2,1-2H3,(H,31,34)/t15?,19-,21+,22+/m1/s1. The lowest BCUT2D eigenvalue weighted by Gasteiger charge is -2.35. The maximum absolute atomic E-state index is 14.7. The van der Waals surface area contributed by atoms with E-state index >= 15 is 0 Å². The Hall–Kier alpha value is -2.72. The maximum Gasteiger partial charge on any atom is 0.246 e. The molecule has 0 spiro atoms. The van der Waals surface area contributed by atoms with Crippen molar-refractivity contribution in [3.05, 3.63) is 51.7 Å². The van der Waals surface area contributed by atoms with E-state index in [1.807, 2.05) is 0 Å². The van der Waals surface area contributed by atoms with E-state index in [0.29, 0.717) is 10.6 Å². The predicted octanol–water partition coefficient (Wildman–Crippen LogP) is 3.80. The van der Waals surface area contributed by atoms with Crippen molar-refractivity contribution in [3.8, 4) is 0 Å². The molecule has 194 valence electrons. The summed E-state index contributed by atoms with van der Waals surface area (Å²) in [6.45, 7) is 1.65. The number of amides is 2. The van der Waals surface area contributed by atoms with E-state index in [4.69, 9.17) is 0 Å². The van der Waals surface area contributed by atoms with E-state index in [9.17, 15) is 23.2 Å². The van der Waals surface area contributed by atoms with Crippen LogP contribution in [0.25, 0.3) is 0 Å². The normalized spacial score (nSPS) is 22.3. The minimum absolute atomic E-state index is 0.00882. The number of ketones is 1. The number of carbonyl (C=O) groups is 3. The summed E-state index contributed by atoms with van der Waals surface area (Å²) in [7, 11) is 1.68. The number of likely N-dealkylation sites (tertiary alicyclic amines) is 1. The van der Waals surface area contributed by atoms with Gasteiger partial charge in [-0.1, -0.05) is 19.3 Å². The zero-order chi connectivity index (χ0) is 25.8. The van der Waals surface area contributed by atoms with Crippen LogP contribution in [0, 0.1) is 11.7 Å². The van der Waals surface area contributed by atoms with E-state index in [2.05, 4.69) is 15.6 Å². The summed E-state index contributed by atoms with van der Waals surface area (Å²) in [6, 6.07) is 3.39. The van der Waals surface area contributed by atoms with Gasteiger partial charge in [-0.2, -0.15) is 0 Å². The first-order valence-corrected chi connectivity index (χ1v) is 13.3. The molecule has 4 atom stereocenters. The SMILES string of the molecule is CNC(C)C(=O)N[C@H](C(=O)N1C[C@H](F)C[C@H]1c1nc(C(=O)c2ccc(F)cc2)cs1)C1CCCCC1. The van der Waals surface area contributed by atoms with Crippen molar-refractivity contribution in [2.24, 2.45) is 5.92 Å². The molecule has 2 aromatic rings. The summed E-state index contributed by atoms with van der Waals surface area (Å²) in [5.41, 5.74) is 0.478. The highest BCUT2D eigenvalue weighted by molar-refractivity contribution is 7.10. The molecule has 2 fully saturated rings. The fourth-order valence-corrected chi connectivity index (χ4v) is 5.92. The third-order valence-corrected chi connectivity index (χ3v) is 8.14. The first-order chi connectivity index (χ1) is 17.3. The first-order valence-electron chi connectivity index (χ1n) is 12.5. The van der Waals surface area contributed by atoms with Gasteiger partial charge in [0.15, 0.2) is 0 Å². The van der Waals surface area contributed by atoms with Gasteiger partial charge in [-0.3, -0.25) is 14.4 Å². The van der Waals surface area contributed by atoms with Gasteiger partial charge in [0.2, 0.25) is 17.6 Å². The summed E-state index contributed by atoms with van der Waals surface area (Å²) in [5, 5.41) is 7.89. The Morgan fingerprint density at radius 1 is 1.14 bits per heavy atom. The second kappa shape index (κ2) is 11.6. The fourth-order valence-electron chi connectivity index (χ4n) is 4.99. The Kier molecular flexibility index (Phi) is 8.46. The van der Waals surface area contributed by atoms with Gasteiger partial charge in [-0.25, -0.2) is 13.8 Å². The van der Waals surface area contributed by atoms with Crippen LogP contribution in [-0.2, 0) is 9.59 Å². The number of alkyl halides is 1. The molecule has 1 saturated carbocycles. The van der Waals surface area contributed by atoms with Crippen molar-refractivity contribution in [1.82, 2.24) is 20.5 Å². The zero-order valence-corrected chi connectivity index (χ0v) is 21.3. The number of benzene rings is 1. The number of nitrogens with zero attached hydrogens (tertiary/aromatic N) is 2. The highest BCUT2D eigenvalue weighted by atomic mass is 32.1. The van der Waals surface area contributed by atoms with Crippen LogP contribution in [0.3, 0.4) is 0 Å². The molecule has 4 rings (SSSR count). The molecule has 2 amide bonds. The van der Waals surface area contributed by atoms with Crippen LogP contribution in [0.15, 0.2) is 29.6 Å². The number of rotatable bonds is 8. The van der Waals surface area contributed by atoms with Crippen molar-refractivity contribution < 1.29 is 23.2 Å². The molecule has 0 radical (unpaired) electrons. The largest absolute Gasteiger partial charge is 0.343 e. The third kappa shape index (κ3) is 5.81. The molecule has 1 unspecified atom stereocenters. The van der Waals surface area contributed by atoms with Crippen LogP contribution in [0.2, 0.25) is 0 Å². The second-order valence-electron chi connectivity index (χ2n) is 9.64. The quantitative estimate of drug-likeness (QED) is 0.519. The van der Waals surface area contributed by atoms with E-state index in [-0.39, 0.29) is 42.2 Å². The van der Waals surface area contributed by atoms with Crippen molar-refractivity contribution in [2.45, 2.75) is 69.7 Å². The number of likely N-dealkylation sites (N-methyl/N-ethyl adjacent to an activating group) is 1. The Bertz CT molecular complexity index is 1090. The Morgan fingerprint density at radius 3 is 2.50 bits per heavy atom. The Balaban J connectivity index is 1.56. The number of hydrogen-bond donors (Lipinski definition) is 2. The molecule has 1 aliphatic heterocycles. The highest BCUT2D eigenvalue weighted by Crippen LogP contribution is 2.37. The molecule has 0 bridgehead atoms. The Morgan fingerprint density at radius 2 is 1.83 bits per heavy atom. The van der Waals surface area contributed by atoms with Crippen LogP contribution in [0.5, 0.6) is 0 Å². The van der Waals surface area contributed by atoms with Crippen molar-refractivity contribution in [2.75, 3.05) is 13.6 Å². The first kappa shape index (κ1) is 26.3. The van der Waals surface area contributed by atoms with Gasteiger partial charge >= 0.3 is 0 Å². The van der Waals surface area contributed by atoms with Crippen molar-refractivity contribution >= 4 is 28.9 Å². The lowest BCUT2D eigenvalue weighted by Crippen LogP contribution is -2.55. The van der Waals surface area contributed by atoms with Crippen LogP contribution in [0.1, 0.15) is 72.6 Å². The summed E-state index contributed by atoms with van der Waals surface area (Å²) >= 11 is 1.20. The predicted molar refractivity (Wildman–Crippen MR) is 133 cm³/mol. The molecular weight excluding hydrogens is 486 g/mol. The minimum Gasteiger partial charge on any atom is -0.343 e. The molecule has 36 heavy (non-hydrogen) atoms. The van der Waals surface area contributed by atoms with Crippen LogP contribution in [-0.4, -0.2) is 59.3 Å². The van der Waals surface area contributed by atoms with Crippen LogP contribution in [0.4, 0.5) is 8.78 Å². The molecule has 7 nitrogen and oxygen atoms in total. The molecule has 10 heteroatoms. The van der Waals surface area contributed by atoms with E-state index in [1.165, 1.54) is 40.5 Å². The fraction of sp³-hybridized carbons (Fsp3) is 0.538. The van der Waals surface area contributed by atoms with Crippen molar-refractivity contribution in [3.63, 3.8) is 0 Å². The molecular formula is C26H32F2N4O3S. The lowest BCUT2D eigenvalue weighted by molar-refractivity contribution is -0.139. The molecule has 1 aromatic heterocycles. The summed E-state index contributed by atoms with van der Waals surface area (Å²) in [5.74, 6) is -1.38. The minimum atomic E-state index is -1.22. The Labute approximate surface area is 213 Å². The maximum atomic E-state index is 14.7. The summed E-state index contributed by atoms with van der Waals surface area (Å²) < 4.78 is 27.9. The molecule has 2 heterocycles. The number of thiazole rings is 1. The van der Waals surface area contributed by atoms with Crippen LogP contribution < -0.4 is 10.6 Å². The van der Waals surface area contributed by atoms with Gasteiger partial charge < -0.3 is 15.5 Å². The van der Waals surface area contributed by atoms with Crippen molar-refractivity contribution in [1.29, 1.82) is 0 Å². The smallest absolute Gasteiger partial charge is 0.246 e. The average Bonchev–Trinajstić information content (AvgIpc) is 3.53. The number of halogens is 2. The van der Waals surface area contributed by atoms with Crippen LogP contribution >= 0.6 is 11.3 Å². The lowest BCUT2D eigenvalue weighted by atomic mass is 9.83. The van der Waals surface area contributed by atoms with Gasteiger partial charge in [-0.05, 0) is 57.0 Å². The molecule has 1 aliphatic carbocycles. The number of aromatic nitrogens is 1. The van der Waals surface area contributed by atoms with Gasteiger partial charge in [0.1, 0.15) is 28.7 Å². The van der Waals surface area contributed by atoms with E-state index < -0.39 is 30.1 Å². The number of hydrogen-bond acceptors (Lipinski definition) is 6.